The Balaban J connectivity index is 1.61. The first kappa shape index (κ1) is 15.5. The molecule has 1 heterocycles. The Morgan fingerprint density at radius 3 is 2.70 bits per heavy atom. The molecule has 0 bridgehead atoms. The summed E-state index contributed by atoms with van der Waals surface area (Å²) in [4.78, 5) is 4.05. The fourth-order valence-electron chi connectivity index (χ4n) is 2.77. The van der Waals surface area contributed by atoms with Gasteiger partial charge in [-0.15, -0.1) is 0 Å². The predicted octanol–water partition coefficient (Wildman–Crippen LogP) is 3.34. The smallest absolute Gasteiger partial charge is 0.0694 e. The first-order valence-corrected chi connectivity index (χ1v) is 8.08. The maximum Gasteiger partial charge on any atom is 0.0694 e. The van der Waals surface area contributed by atoms with E-state index in [0.29, 0.717) is 0 Å². The third-order valence-corrected chi connectivity index (χ3v) is 4.22. The number of nitrogens with one attached hydrogen (secondary N) is 1. The van der Waals surface area contributed by atoms with Gasteiger partial charge in [0, 0.05) is 19.0 Å². The number of nitrogens with zero attached hydrogens (tertiary/aromatic N) is 1. The maximum absolute atomic E-state index is 6.21. The van der Waals surface area contributed by atoms with E-state index in [2.05, 4.69) is 29.4 Å². The van der Waals surface area contributed by atoms with Crippen molar-refractivity contribution in [2.75, 3.05) is 19.7 Å². The van der Waals surface area contributed by atoms with Crippen LogP contribution >= 0.6 is 0 Å². The summed E-state index contributed by atoms with van der Waals surface area (Å²) < 4.78 is 6.21. The van der Waals surface area contributed by atoms with Gasteiger partial charge in [0.2, 0.25) is 0 Å². The van der Waals surface area contributed by atoms with E-state index in [0.717, 1.165) is 32.5 Å². The van der Waals surface area contributed by atoms with Crippen LogP contribution in [-0.2, 0) is 11.2 Å². The van der Waals surface area contributed by atoms with E-state index < -0.39 is 0 Å². The predicted molar refractivity (Wildman–Crippen MR) is 82.9 cm³/mol. The molecule has 0 amide bonds. The lowest BCUT2D eigenvalue weighted by molar-refractivity contribution is -0.105. The van der Waals surface area contributed by atoms with Gasteiger partial charge in [-0.05, 0) is 75.7 Å². The molecule has 0 aliphatic heterocycles. The highest BCUT2D eigenvalue weighted by molar-refractivity contribution is 5.09. The molecule has 1 N–H and O–H groups in total. The molecule has 0 spiro atoms. The molecular weight excluding hydrogens is 248 g/mol. The van der Waals surface area contributed by atoms with Crippen LogP contribution in [0.3, 0.4) is 0 Å². The lowest BCUT2D eigenvalue weighted by Gasteiger charge is -2.42. The largest absolute Gasteiger partial charge is 0.375 e. The van der Waals surface area contributed by atoms with Crippen molar-refractivity contribution in [2.45, 2.75) is 57.5 Å². The second-order valence-corrected chi connectivity index (χ2v) is 5.84. The molecule has 112 valence electrons. The van der Waals surface area contributed by atoms with E-state index in [9.17, 15) is 0 Å². The van der Waals surface area contributed by atoms with Gasteiger partial charge in [-0.1, -0.05) is 6.92 Å². The van der Waals surface area contributed by atoms with Crippen LogP contribution in [0.15, 0.2) is 24.5 Å². The van der Waals surface area contributed by atoms with Gasteiger partial charge in [0.05, 0.1) is 5.60 Å². The van der Waals surface area contributed by atoms with E-state index >= 15 is 0 Å². The van der Waals surface area contributed by atoms with E-state index in [-0.39, 0.29) is 5.60 Å². The third kappa shape index (κ3) is 4.88. The molecule has 3 heteroatoms. The average molecular weight is 276 g/mol. The summed E-state index contributed by atoms with van der Waals surface area (Å²) in [6.45, 7) is 5.31. The summed E-state index contributed by atoms with van der Waals surface area (Å²) in [5.74, 6) is 0. The summed E-state index contributed by atoms with van der Waals surface area (Å²) in [5.41, 5.74) is 1.55. The fourth-order valence-corrected chi connectivity index (χ4v) is 2.77. The molecule has 0 unspecified atom stereocenters. The van der Waals surface area contributed by atoms with Crippen molar-refractivity contribution in [3.8, 4) is 0 Å². The molecular formula is C17H28N2O. The Morgan fingerprint density at radius 1 is 1.25 bits per heavy atom. The quantitative estimate of drug-likeness (QED) is 0.666. The zero-order valence-corrected chi connectivity index (χ0v) is 12.7. The molecule has 0 radical (unpaired) electrons. The van der Waals surface area contributed by atoms with Crippen molar-refractivity contribution in [3.63, 3.8) is 0 Å². The molecule has 1 aromatic heterocycles. The van der Waals surface area contributed by atoms with Crippen molar-refractivity contribution < 1.29 is 4.74 Å². The normalized spacial score (nSPS) is 16.9. The molecule has 1 aliphatic carbocycles. The van der Waals surface area contributed by atoms with Crippen LogP contribution < -0.4 is 5.32 Å². The first-order chi connectivity index (χ1) is 9.85. The van der Waals surface area contributed by atoms with Crippen molar-refractivity contribution in [1.29, 1.82) is 0 Å². The summed E-state index contributed by atoms with van der Waals surface area (Å²) >= 11 is 0. The van der Waals surface area contributed by atoms with Crippen LogP contribution in [0.25, 0.3) is 0 Å². The van der Waals surface area contributed by atoms with Gasteiger partial charge >= 0.3 is 0 Å². The molecule has 1 aromatic rings. The monoisotopic (exact) mass is 276 g/mol. The van der Waals surface area contributed by atoms with Crippen LogP contribution in [0.4, 0.5) is 0 Å². The summed E-state index contributed by atoms with van der Waals surface area (Å²) in [7, 11) is 0. The van der Waals surface area contributed by atoms with Crippen LogP contribution in [0, 0.1) is 0 Å². The van der Waals surface area contributed by atoms with Gasteiger partial charge < -0.3 is 10.1 Å². The molecule has 0 atom stereocenters. The van der Waals surface area contributed by atoms with Crippen molar-refractivity contribution in [1.82, 2.24) is 10.3 Å². The zero-order chi connectivity index (χ0) is 14.1. The third-order valence-electron chi connectivity index (χ3n) is 4.22. The SMILES string of the molecule is CCCNCCC1(OCCCc2ccncc2)CCC1. The Kier molecular flexibility index (Phi) is 6.48. The zero-order valence-electron chi connectivity index (χ0n) is 12.7. The minimum Gasteiger partial charge on any atom is -0.375 e. The number of pyridine rings is 1. The number of aromatic nitrogens is 1. The lowest BCUT2D eigenvalue weighted by Crippen LogP contribution is -2.43. The Hall–Kier alpha value is -0.930. The second kappa shape index (κ2) is 8.38. The highest BCUT2D eigenvalue weighted by atomic mass is 16.5. The molecule has 1 fully saturated rings. The van der Waals surface area contributed by atoms with Crippen molar-refractivity contribution in [2.24, 2.45) is 0 Å². The number of hydrogen-bond donors (Lipinski definition) is 1. The first-order valence-electron chi connectivity index (χ1n) is 8.08. The van der Waals surface area contributed by atoms with Crippen molar-refractivity contribution in [3.05, 3.63) is 30.1 Å². The van der Waals surface area contributed by atoms with E-state index in [4.69, 9.17) is 4.74 Å². The van der Waals surface area contributed by atoms with Gasteiger partial charge in [0.1, 0.15) is 0 Å². The molecule has 0 saturated heterocycles. The van der Waals surface area contributed by atoms with Gasteiger partial charge in [0.25, 0.3) is 0 Å². The summed E-state index contributed by atoms with van der Waals surface area (Å²) in [6, 6.07) is 4.18. The number of rotatable bonds is 10. The average Bonchev–Trinajstić information content (AvgIpc) is 2.45. The topological polar surface area (TPSA) is 34.1 Å². The number of ether oxygens (including phenoxy) is 1. The van der Waals surface area contributed by atoms with E-state index in [1.165, 1.54) is 37.7 Å². The summed E-state index contributed by atoms with van der Waals surface area (Å²) in [5, 5.41) is 3.49. The molecule has 0 aromatic carbocycles. The van der Waals surface area contributed by atoms with Gasteiger partial charge in [-0.2, -0.15) is 0 Å². The molecule has 20 heavy (non-hydrogen) atoms. The Morgan fingerprint density at radius 2 is 2.05 bits per heavy atom. The second-order valence-electron chi connectivity index (χ2n) is 5.84. The fraction of sp³-hybridized carbons (Fsp3) is 0.706. The van der Waals surface area contributed by atoms with Crippen molar-refractivity contribution >= 4 is 0 Å². The van der Waals surface area contributed by atoms with E-state index in [1.807, 2.05) is 12.4 Å². The van der Waals surface area contributed by atoms with Crippen LogP contribution in [0.5, 0.6) is 0 Å². The summed E-state index contributed by atoms with van der Waals surface area (Å²) in [6.07, 6.45) is 12.1. The van der Waals surface area contributed by atoms with Crippen LogP contribution in [-0.4, -0.2) is 30.3 Å². The molecule has 3 nitrogen and oxygen atoms in total. The van der Waals surface area contributed by atoms with Gasteiger partial charge in [0.15, 0.2) is 0 Å². The Labute approximate surface area is 123 Å². The minimum atomic E-state index is 0.193. The number of hydrogen-bond acceptors (Lipinski definition) is 3. The highest BCUT2D eigenvalue weighted by Gasteiger charge is 2.37. The molecule has 2 rings (SSSR count). The van der Waals surface area contributed by atoms with Gasteiger partial charge in [-0.3, -0.25) is 4.98 Å². The minimum absolute atomic E-state index is 0.193. The lowest BCUT2D eigenvalue weighted by atomic mass is 9.77. The number of aryl methyl sites for hydroxylation is 1. The standard InChI is InChI=1S/C17H28N2O/c1-2-11-18-14-10-17(8-4-9-17)20-15-3-5-16-6-12-19-13-7-16/h6-7,12-13,18H,2-5,8-11,14-15H2,1H3. The van der Waals surface area contributed by atoms with Gasteiger partial charge in [-0.25, -0.2) is 0 Å². The Bertz CT molecular complexity index is 363. The van der Waals surface area contributed by atoms with Crippen LogP contribution in [0.1, 0.15) is 51.0 Å². The molecule has 1 aliphatic rings. The van der Waals surface area contributed by atoms with E-state index in [1.54, 1.807) is 0 Å². The maximum atomic E-state index is 6.21. The highest BCUT2D eigenvalue weighted by Crippen LogP contribution is 2.38. The van der Waals surface area contributed by atoms with Crippen LogP contribution in [0.2, 0.25) is 0 Å². The molecule has 1 saturated carbocycles.